The molecule has 0 aromatic carbocycles. The van der Waals surface area contributed by atoms with Crippen LogP contribution >= 0.6 is 0 Å². The molecule has 0 aliphatic heterocycles. The number of hydrogen-bond acceptors (Lipinski definition) is 2. The van der Waals surface area contributed by atoms with Gasteiger partial charge in [-0.15, -0.1) is 0 Å². The molecule has 2 aliphatic rings. The van der Waals surface area contributed by atoms with E-state index in [-0.39, 0.29) is 5.41 Å². The Balaban J connectivity index is 1.56. The Hall–Kier alpha value is -1.09. The van der Waals surface area contributed by atoms with Crippen LogP contribution in [0.4, 0.5) is 0 Å². The van der Waals surface area contributed by atoms with Gasteiger partial charge in [0.15, 0.2) is 5.78 Å². The zero-order chi connectivity index (χ0) is 14.2. The van der Waals surface area contributed by atoms with E-state index < -0.39 is 0 Å². The Morgan fingerprint density at radius 3 is 2.90 bits per heavy atom. The SMILES string of the molecule is CC1(C)CC(=O)c2ccn(CCCOCC3CC3)c2C1. The highest BCUT2D eigenvalue weighted by atomic mass is 16.5. The molecule has 1 aromatic heterocycles. The number of fused-ring (bicyclic) bond motifs is 1. The number of ether oxygens (including phenoxy) is 1. The van der Waals surface area contributed by atoms with Crippen LogP contribution in [0.1, 0.15) is 55.6 Å². The van der Waals surface area contributed by atoms with Gasteiger partial charge in [-0.05, 0) is 43.1 Å². The van der Waals surface area contributed by atoms with Crippen molar-refractivity contribution < 1.29 is 9.53 Å². The third kappa shape index (κ3) is 3.14. The molecule has 3 heteroatoms. The fourth-order valence-corrected chi connectivity index (χ4v) is 3.08. The van der Waals surface area contributed by atoms with E-state index in [2.05, 4.69) is 24.6 Å². The normalized spacial score (nSPS) is 21.0. The standard InChI is InChI=1S/C17H25NO2/c1-17(2)10-15-14(16(19)11-17)6-8-18(15)7-3-9-20-12-13-4-5-13/h6,8,13H,3-5,7,9-12H2,1-2H3. The van der Waals surface area contributed by atoms with E-state index in [1.807, 2.05) is 6.07 Å². The van der Waals surface area contributed by atoms with Crippen molar-refractivity contribution in [2.24, 2.45) is 11.3 Å². The molecule has 0 bridgehead atoms. The van der Waals surface area contributed by atoms with Gasteiger partial charge in [0.05, 0.1) is 0 Å². The molecule has 1 fully saturated rings. The third-order valence-corrected chi connectivity index (χ3v) is 4.40. The fourth-order valence-electron chi connectivity index (χ4n) is 3.08. The minimum atomic E-state index is 0.0999. The summed E-state index contributed by atoms with van der Waals surface area (Å²) in [6.45, 7) is 7.10. The van der Waals surface area contributed by atoms with E-state index in [4.69, 9.17) is 4.74 Å². The lowest BCUT2D eigenvalue weighted by atomic mass is 9.76. The number of nitrogens with zero attached hydrogens (tertiary/aromatic N) is 1. The van der Waals surface area contributed by atoms with Crippen molar-refractivity contribution in [2.75, 3.05) is 13.2 Å². The molecular weight excluding hydrogens is 250 g/mol. The van der Waals surface area contributed by atoms with Gasteiger partial charge < -0.3 is 9.30 Å². The largest absolute Gasteiger partial charge is 0.381 e. The number of carbonyl (C=O) groups excluding carboxylic acids is 1. The maximum absolute atomic E-state index is 12.1. The Morgan fingerprint density at radius 2 is 2.15 bits per heavy atom. The van der Waals surface area contributed by atoms with Crippen LogP contribution < -0.4 is 0 Å². The molecule has 2 aliphatic carbocycles. The van der Waals surface area contributed by atoms with E-state index in [1.165, 1.54) is 18.5 Å². The zero-order valence-corrected chi connectivity index (χ0v) is 12.7. The third-order valence-electron chi connectivity index (χ3n) is 4.40. The molecule has 0 spiro atoms. The van der Waals surface area contributed by atoms with Gasteiger partial charge in [0.2, 0.25) is 0 Å². The smallest absolute Gasteiger partial charge is 0.165 e. The quantitative estimate of drug-likeness (QED) is 0.744. The van der Waals surface area contributed by atoms with Crippen LogP contribution in [-0.2, 0) is 17.7 Å². The second kappa shape index (κ2) is 5.36. The molecule has 0 saturated heterocycles. The van der Waals surface area contributed by atoms with Crippen molar-refractivity contribution in [3.63, 3.8) is 0 Å². The molecule has 0 atom stereocenters. The summed E-state index contributed by atoms with van der Waals surface area (Å²) in [6.07, 6.45) is 7.48. The second-order valence-corrected chi connectivity index (χ2v) is 7.18. The molecule has 1 heterocycles. The van der Waals surface area contributed by atoms with Gasteiger partial charge in [0.1, 0.15) is 0 Å². The first-order chi connectivity index (χ1) is 9.55. The average Bonchev–Trinajstić information content (AvgIpc) is 3.09. The maximum Gasteiger partial charge on any atom is 0.165 e. The first kappa shape index (κ1) is 13.9. The number of ketones is 1. The van der Waals surface area contributed by atoms with Gasteiger partial charge >= 0.3 is 0 Å². The van der Waals surface area contributed by atoms with Crippen molar-refractivity contribution in [2.45, 2.75) is 52.5 Å². The molecular formula is C17H25NO2. The minimum absolute atomic E-state index is 0.0999. The Bertz CT molecular complexity index is 497. The minimum Gasteiger partial charge on any atom is -0.381 e. The van der Waals surface area contributed by atoms with Gasteiger partial charge in [-0.1, -0.05) is 13.8 Å². The molecule has 3 nitrogen and oxygen atoms in total. The van der Waals surface area contributed by atoms with E-state index >= 15 is 0 Å². The predicted octanol–water partition coefficient (Wildman–Crippen LogP) is 3.46. The lowest BCUT2D eigenvalue weighted by molar-refractivity contribution is 0.0909. The van der Waals surface area contributed by atoms with Crippen molar-refractivity contribution >= 4 is 5.78 Å². The van der Waals surface area contributed by atoms with Crippen molar-refractivity contribution in [1.29, 1.82) is 0 Å². The summed E-state index contributed by atoms with van der Waals surface area (Å²) >= 11 is 0. The molecule has 1 aromatic rings. The van der Waals surface area contributed by atoms with Crippen LogP contribution in [0.15, 0.2) is 12.3 Å². The zero-order valence-electron chi connectivity index (χ0n) is 12.7. The van der Waals surface area contributed by atoms with Gasteiger partial charge in [-0.3, -0.25) is 4.79 Å². The van der Waals surface area contributed by atoms with E-state index in [0.29, 0.717) is 12.2 Å². The number of rotatable bonds is 6. The van der Waals surface area contributed by atoms with Crippen LogP contribution in [0.3, 0.4) is 0 Å². The molecule has 0 radical (unpaired) electrons. The maximum atomic E-state index is 12.1. The monoisotopic (exact) mass is 275 g/mol. The lowest BCUT2D eigenvalue weighted by Gasteiger charge is -2.29. The van der Waals surface area contributed by atoms with Crippen molar-refractivity contribution in [3.05, 3.63) is 23.5 Å². The van der Waals surface area contributed by atoms with Crippen LogP contribution in [0, 0.1) is 11.3 Å². The van der Waals surface area contributed by atoms with Crippen molar-refractivity contribution in [3.8, 4) is 0 Å². The number of carbonyl (C=O) groups is 1. The Kier molecular flexibility index (Phi) is 3.72. The fraction of sp³-hybridized carbons (Fsp3) is 0.706. The summed E-state index contributed by atoms with van der Waals surface area (Å²) in [5.41, 5.74) is 2.28. The second-order valence-electron chi connectivity index (χ2n) is 7.18. The highest BCUT2D eigenvalue weighted by Crippen LogP contribution is 2.35. The average molecular weight is 275 g/mol. The molecule has 1 saturated carbocycles. The Labute approximate surface area is 121 Å². The summed E-state index contributed by atoms with van der Waals surface area (Å²) in [5.74, 6) is 1.15. The molecule has 0 amide bonds. The summed E-state index contributed by atoms with van der Waals surface area (Å²) < 4.78 is 7.94. The van der Waals surface area contributed by atoms with E-state index in [0.717, 1.165) is 44.1 Å². The van der Waals surface area contributed by atoms with E-state index in [1.54, 1.807) is 0 Å². The van der Waals surface area contributed by atoms with E-state index in [9.17, 15) is 4.79 Å². The lowest BCUT2D eigenvalue weighted by Crippen LogP contribution is -2.28. The first-order valence-corrected chi connectivity index (χ1v) is 7.84. The number of hydrogen-bond donors (Lipinski definition) is 0. The highest BCUT2D eigenvalue weighted by molar-refractivity contribution is 5.98. The Morgan fingerprint density at radius 1 is 1.35 bits per heavy atom. The first-order valence-electron chi connectivity index (χ1n) is 7.84. The van der Waals surface area contributed by atoms with Crippen LogP contribution in [-0.4, -0.2) is 23.6 Å². The number of Topliss-reactive ketones (excluding diaryl/α,β-unsaturated/α-hetero) is 1. The van der Waals surface area contributed by atoms with Gasteiger partial charge in [-0.2, -0.15) is 0 Å². The highest BCUT2D eigenvalue weighted by Gasteiger charge is 2.32. The summed E-state index contributed by atoms with van der Waals surface area (Å²) in [6, 6.07) is 2.00. The van der Waals surface area contributed by atoms with Crippen molar-refractivity contribution in [1.82, 2.24) is 4.57 Å². The molecule has 0 unspecified atom stereocenters. The molecule has 3 rings (SSSR count). The van der Waals surface area contributed by atoms with Crippen LogP contribution in [0.5, 0.6) is 0 Å². The van der Waals surface area contributed by atoms with Gasteiger partial charge in [0, 0.05) is 43.6 Å². The summed E-state index contributed by atoms with van der Waals surface area (Å²) in [4.78, 5) is 12.1. The van der Waals surface area contributed by atoms with Crippen LogP contribution in [0.25, 0.3) is 0 Å². The summed E-state index contributed by atoms with van der Waals surface area (Å²) in [7, 11) is 0. The summed E-state index contributed by atoms with van der Waals surface area (Å²) in [5, 5.41) is 0. The van der Waals surface area contributed by atoms with Gasteiger partial charge in [-0.25, -0.2) is 0 Å². The number of aromatic nitrogens is 1. The van der Waals surface area contributed by atoms with Gasteiger partial charge in [0.25, 0.3) is 0 Å². The molecule has 0 N–H and O–H groups in total. The molecule has 20 heavy (non-hydrogen) atoms. The van der Waals surface area contributed by atoms with Crippen LogP contribution in [0.2, 0.25) is 0 Å². The topological polar surface area (TPSA) is 31.2 Å². The number of aryl methyl sites for hydroxylation is 1. The molecule has 110 valence electrons. The predicted molar refractivity (Wildman–Crippen MR) is 79.0 cm³/mol.